The van der Waals surface area contributed by atoms with E-state index in [9.17, 15) is 14.4 Å². The van der Waals surface area contributed by atoms with E-state index in [0.717, 1.165) is 16.8 Å². The number of anilines is 3. The Bertz CT molecular complexity index is 952. The van der Waals surface area contributed by atoms with Gasteiger partial charge in [0.1, 0.15) is 0 Å². The molecule has 3 amide bonds. The molecule has 0 bridgehead atoms. The molecular formula is C23H28N4O3. The Morgan fingerprint density at radius 2 is 1.77 bits per heavy atom. The van der Waals surface area contributed by atoms with Crippen LogP contribution in [0.3, 0.4) is 0 Å². The number of fused-ring (bicyclic) bond motifs is 1. The predicted octanol–water partition coefficient (Wildman–Crippen LogP) is 2.94. The summed E-state index contributed by atoms with van der Waals surface area (Å²) in [7, 11) is 1.74. The Morgan fingerprint density at radius 1 is 1.10 bits per heavy atom. The lowest BCUT2D eigenvalue weighted by atomic mass is 10.1. The molecule has 3 rings (SSSR count). The van der Waals surface area contributed by atoms with Crippen LogP contribution in [0, 0.1) is 13.8 Å². The van der Waals surface area contributed by atoms with Crippen molar-refractivity contribution in [1.82, 2.24) is 4.90 Å². The van der Waals surface area contributed by atoms with Crippen molar-refractivity contribution < 1.29 is 14.4 Å². The topological polar surface area (TPSA) is 81.8 Å². The second-order valence-electron chi connectivity index (χ2n) is 7.87. The summed E-state index contributed by atoms with van der Waals surface area (Å²) in [5.41, 5.74) is 4.09. The van der Waals surface area contributed by atoms with Crippen LogP contribution in [0.5, 0.6) is 0 Å². The second kappa shape index (κ2) is 9.09. The van der Waals surface area contributed by atoms with E-state index in [4.69, 9.17) is 0 Å². The molecule has 0 aromatic heterocycles. The van der Waals surface area contributed by atoms with E-state index >= 15 is 0 Å². The number of amides is 3. The van der Waals surface area contributed by atoms with Crippen molar-refractivity contribution in [3.8, 4) is 0 Å². The van der Waals surface area contributed by atoms with E-state index in [-0.39, 0.29) is 43.3 Å². The summed E-state index contributed by atoms with van der Waals surface area (Å²) in [6, 6.07) is 12.8. The number of carbonyl (C=O) groups is 3. The average Bonchev–Trinajstić information content (AvgIpc) is 2.78. The van der Waals surface area contributed by atoms with Crippen molar-refractivity contribution in [3.05, 3.63) is 53.6 Å². The van der Waals surface area contributed by atoms with Crippen LogP contribution in [-0.4, -0.2) is 48.8 Å². The largest absolute Gasteiger partial charge is 0.324 e. The van der Waals surface area contributed by atoms with Crippen molar-refractivity contribution in [1.29, 1.82) is 0 Å². The van der Waals surface area contributed by atoms with Crippen molar-refractivity contribution in [3.63, 3.8) is 0 Å². The highest BCUT2D eigenvalue weighted by atomic mass is 16.2. The zero-order valence-corrected chi connectivity index (χ0v) is 17.9. The SMILES string of the molecule is Cc1cccc(C)c1NC(=O)CN(C)CC(=O)N1c2ccccc2NC(=O)CC1C. The molecule has 0 saturated carbocycles. The first kappa shape index (κ1) is 21.5. The zero-order chi connectivity index (χ0) is 21.8. The van der Waals surface area contributed by atoms with Crippen molar-refractivity contribution >= 4 is 34.8 Å². The number of nitrogens with zero attached hydrogens (tertiary/aromatic N) is 2. The van der Waals surface area contributed by atoms with Gasteiger partial charge in [-0.3, -0.25) is 19.3 Å². The molecule has 0 saturated heterocycles. The van der Waals surface area contributed by atoms with Crippen LogP contribution in [0.25, 0.3) is 0 Å². The van der Waals surface area contributed by atoms with Gasteiger partial charge in [0, 0.05) is 18.2 Å². The highest BCUT2D eigenvalue weighted by molar-refractivity contribution is 6.05. The number of hydrogen-bond donors (Lipinski definition) is 2. The van der Waals surface area contributed by atoms with E-state index in [1.807, 2.05) is 57.2 Å². The van der Waals surface area contributed by atoms with Crippen LogP contribution >= 0.6 is 0 Å². The molecule has 1 aliphatic rings. The number of likely N-dealkylation sites (N-methyl/N-ethyl adjacent to an activating group) is 1. The van der Waals surface area contributed by atoms with Gasteiger partial charge in [-0.2, -0.15) is 0 Å². The second-order valence-corrected chi connectivity index (χ2v) is 7.87. The number of aryl methyl sites for hydroxylation is 2. The first-order chi connectivity index (χ1) is 14.3. The standard InChI is InChI=1S/C23H28N4O3/c1-15-8-7-9-16(2)23(15)25-21(29)13-26(4)14-22(30)27-17(3)12-20(28)24-18-10-5-6-11-19(18)27/h5-11,17H,12-14H2,1-4H3,(H,24,28)(H,25,29). The molecule has 2 aromatic rings. The Hall–Kier alpha value is -3.19. The summed E-state index contributed by atoms with van der Waals surface area (Å²) in [4.78, 5) is 41.1. The van der Waals surface area contributed by atoms with E-state index in [0.29, 0.717) is 11.4 Å². The van der Waals surface area contributed by atoms with Gasteiger partial charge in [0.25, 0.3) is 0 Å². The van der Waals surface area contributed by atoms with Gasteiger partial charge in [0.2, 0.25) is 17.7 Å². The lowest BCUT2D eigenvalue weighted by molar-refractivity contribution is -0.121. The van der Waals surface area contributed by atoms with Crippen LogP contribution in [0.4, 0.5) is 17.1 Å². The smallest absolute Gasteiger partial charge is 0.241 e. The third kappa shape index (κ3) is 4.86. The number of nitrogens with one attached hydrogen (secondary N) is 2. The van der Waals surface area contributed by atoms with Gasteiger partial charge in [0.05, 0.1) is 24.5 Å². The monoisotopic (exact) mass is 408 g/mol. The predicted molar refractivity (Wildman–Crippen MR) is 119 cm³/mol. The Morgan fingerprint density at radius 3 is 2.47 bits per heavy atom. The third-order valence-corrected chi connectivity index (χ3v) is 5.19. The van der Waals surface area contributed by atoms with Crippen LogP contribution in [0.15, 0.2) is 42.5 Å². The number of hydrogen-bond acceptors (Lipinski definition) is 4. The van der Waals surface area contributed by atoms with Gasteiger partial charge in [0.15, 0.2) is 0 Å². The maximum absolute atomic E-state index is 13.1. The van der Waals surface area contributed by atoms with E-state index in [1.165, 1.54) is 0 Å². The normalized spacial score (nSPS) is 16.0. The fourth-order valence-corrected chi connectivity index (χ4v) is 3.77. The molecular weight excluding hydrogens is 380 g/mol. The summed E-state index contributed by atoms with van der Waals surface area (Å²) in [5, 5.41) is 5.79. The highest BCUT2D eigenvalue weighted by Gasteiger charge is 2.30. The number of benzene rings is 2. The molecule has 1 aliphatic heterocycles. The quantitative estimate of drug-likeness (QED) is 0.797. The molecule has 1 atom stereocenters. The number of rotatable bonds is 5. The summed E-state index contributed by atoms with van der Waals surface area (Å²) < 4.78 is 0. The number of carbonyl (C=O) groups excluding carboxylic acids is 3. The van der Waals surface area contributed by atoms with E-state index in [1.54, 1.807) is 22.9 Å². The molecule has 158 valence electrons. The van der Waals surface area contributed by atoms with Crippen molar-refractivity contribution in [2.75, 3.05) is 35.7 Å². The lowest BCUT2D eigenvalue weighted by Gasteiger charge is -2.29. The molecule has 0 radical (unpaired) electrons. The zero-order valence-electron chi connectivity index (χ0n) is 17.9. The first-order valence-corrected chi connectivity index (χ1v) is 10.0. The van der Waals surface area contributed by atoms with Crippen LogP contribution < -0.4 is 15.5 Å². The van der Waals surface area contributed by atoms with Crippen molar-refractivity contribution in [2.45, 2.75) is 33.2 Å². The summed E-state index contributed by atoms with van der Waals surface area (Å²) in [5.74, 6) is -0.454. The van der Waals surface area contributed by atoms with Gasteiger partial charge >= 0.3 is 0 Å². The van der Waals surface area contributed by atoms with Gasteiger partial charge in [-0.1, -0.05) is 30.3 Å². The molecule has 1 unspecified atom stereocenters. The summed E-state index contributed by atoms with van der Waals surface area (Å²) in [6.45, 7) is 5.90. The fourth-order valence-electron chi connectivity index (χ4n) is 3.77. The van der Waals surface area contributed by atoms with Gasteiger partial charge in [-0.25, -0.2) is 0 Å². The minimum Gasteiger partial charge on any atom is -0.324 e. The molecule has 30 heavy (non-hydrogen) atoms. The van der Waals surface area contributed by atoms with Crippen LogP contribution in [0.2, 0.25) is 0 Å². The minimum absolute atomic E-state index is 0.0625. The van der Waals surface area contributed by atoms with E-state index < -0.39 is 0 Å². The fraction of sp³-hybridized carbons (Fsp3) is 0.348. The third-order valence-electron chi connectivity index (χ3n) is 5.19. The molecule has 0 fully saturated rings. The summed E-state index contributed by atoms with van der Waals surface area (Å²) >= 11 is 0. The molecule has 0 spiro atoms. The minimum atomic E-state index is -0.280. The molecule has 1 heterocycles. The molecule has 7 nitrogen and oxygen atoms in total. The molecule has 2 aromatic carbocycles. The van der Waals surface area contributed by atoms with Crippen LogP contribution in [-0.2, 0) is 14.4 Å². The van der Waals surface area contributed by atoms with Gasteiger partial charge in [-0.15, -0.1) is 0 Å². The van der Waals surface area contributed by atoms with Crippen molar-refractivity contribution in [2.24, 2.45) is 0 Å². The molecule has 0 aliphatic carbocycles. The highest BCUT2D eigenvalue weighted by Crippen LogP contribution is 2.31. The maximum atomic E-state index is 13.1. The van der Waals surface area contributed by atoms with E-state index in [2.05, 4.69) is 10.6 Å². The Labute approximate surface area is 177 Å². The van der Waals surface area contributed by atoms with Crippen LogP contribution in [0.1, 0.15) is 24.5 Å². The first-order valence-electron chi connectivity index (χ1n) is 10.0. The summed E-state index contributed by atoms with van der Waals surface area (Å²) in [6.07, 6.45) is 0.219. The lowest BCUT2D eigenvalue weighted by Crippen LogP contribution is -2.45. The van der Waals surface area contributed by atoms with Gasteiger partial charge < -0.3 is 15.5 Å². The van der Waals surface area contributed by atoms with Gasteiger partial charge in [-0.05, 0) is 51.1 Å². The average molecular weight is 409 g/mol. The Balaban J connectivity index is 1.68. The maximum Gasteiger partial charge on any atom is 0.241 e. The molecule has 2 N–H and O–H groups in total. The molecule has 7 heteroatoms. The Kier molecular flexibility index (Phi) is 6.52. The number of para-hydroxylation sites is 3.